The Labute approximate surface area is 91.2 Å². The Kier molecular flexibility index (Phi) is 4.73. The van der Waals surface area contributed by atoms with E-state index in [1.54, 1.807) is 27.7 Å². The number of esters is 1. The van der Waals surface area contributed by atoms with Crippen LogP contribution in [0.15, 0.2) is 0 Å². The highest BCUT2D eigenvalue weighted by Gasteiger charge is 2.32. The first-order chi connectivity index (χ1) is 6.62. The van der Waals surface area contributed by atoms with E-state index in [4.69, 9.17) is 4.74 Å². The first kappa shape index (κ1) is 14.4. The van der Waals surface area contributed by atoms with E-state index >= 15 is 0 Å². The van der Waals surface area contributed by atoms with Gasteiger partial charge < -0.3 is 4.74 Å². The number of nitrogens with one attached hydrogen (secondary N) is 1. The first-order valence-corrected chi connectivity index (χ1v) is 6.28. The summed E-state index contributed by atoms with van der Waals surface area (Å²) in [5, 5.41) is 0. The summed E-state index contributed by atoms with van der Waals surface area (Å²) in [6, 6.07) is -0.853. The van der Waals surface area contributed by atoms with E-state index < -0.39 is 26.8 Å². The minimum Gasteiger partial charge on any atom is -0.465 e. The van der Waals surface area contributed by atoms with Crippen molar-refractivity contribution < 1.29 is 17.9 Å². The van der Waals surface area contributed by atoms with Crippen LogP contribution in [-0.4, -0.2) is 31.8 Å². The predicted octanol–water partition coefficient (Wildman–Crippen LogP) is 0.656. The normalized spacial score (nSPS) is 14.7. The molecule has 90 valence electrons. The minimum absolute atomic E-state index is 0.237. The number of carbonyl (C=O) groups is 1. The lowest BCUT2D eigenvalue weighted by molar-refractivity contribution is -0.144. The third kappa shape index (κ3) is 4.17. The number of carbonyl (C=O) groups excluding carboxylic acids is 1. The van der Waals surface area contributed by atoms with Crippen LogP contribution in [-0.2, 0) is 19.6 Å². The molecular formula is C9H19NO4S. The maximum atomic E-state index is 11.7. The Morgan fingerprint density at radius 1 is 1.40 bits per heavy atom. The van der Waals surface area contributed by atoms with E-state index in [9.17, 15) is 13.2 Å². The zero-order valence-corrected chi connectivity index (χ0v) is 10.6. The van der Waals surface area contributed by atoms with Crippen LogP contribution < -0.4 is 4.72 Å². The lowest BCUT2D eigenvalue weighted by Gasteiger charge is -2.22. The molecule has 15 heavy (non-hydrogen) atoms. The molecule has 0 amide bonds. The second-order valence-corrected chi connectivity index (χ2v) is 6.67. The average molecular weight is 237 g/mol. The molecular weight excluding hydrogens is 218 g/mol. The van der Waals surface area contributed by atoms with Crippen LogP contribution in [0.2, 0.25) is 0 Å². The minimum atomic E-state index is -3.51. The van der Waals surface area contributed by atoms with Gasteiger partial charge in [-0.3, -0.25) is 4.79 Å². The van der Waals surface area contributed by atoms with E-state index in [0.717, 1.165) is 0 Å². The van der Waals surface area contributed by atoms with Crippen molar-refractivity contribution in [3.8, 4) is 0 Å². The number of sulfonamides is 1. The van der Waals surface area contributed by atoms with Gasteiger partial charge in [0, 0.05) is 0 Å². The Hall–Kier alpha value is -0.620. The quantitative estimate of drug-likeness (QED) is 0.729. The van der Waals surface area contributed by atoms with Crippen LogP contribution >= 0.6 is 0 Å². The van der Waals surface area contributed by atoms with Crippen LogP contribution in [0, 0.1) is 0 Å². The van der Waals surface area contributed by atoms with Gasteiger partial charge in [0.05, 0.1) is 11.4 Å². The summed E-state index contributed by atoms with van der Waals surface area (Å²) >= 11 is 0. The molecule has 0 aromatic carbocycles. The lowest BCUT2D eigenvalue weighted by atomic mass is 10.3. The fraction of sp³-hybridized carbons (Fsp3) is 0.889. The van der Waals surface area contributed by atoms with Gasteiger partial charge in [-0.2, -0.15) is 0 Å². The number of ether oxygens (including phenoxy) is 1. The van der Waals surface area contributed by atoms with Gasteiger partial charge in [-0.25, -0.2) is 13.1 Å². The number of hydrogen-bond donors (Lipinski definition) is 1. The van der Waals surface area contributed by atoms with Gasteiger partial charge in [0.2, 0.25) is 10.0 Å². The van der Waals surface area contributed by atoms with Crippen LogP contribution in [0.5, 0.6) is 0 Å². The zero-order valence-electron chi connectivity index (χ0n) is 9.83. The van der Waals surface area contributed by atoms with Crippen LogP contribution in [0.25, 0.3) is 0 Å². The second-order valence-electron chi connectivity index (χ2n) is 4.21. The third-order valence-corrected chi connectivity index (χ3v) is 4.05. The third-order valence-electron chi connectivity index (χ3n) is 1.78. The summed E-state index contributed by atoms with van der Waals surface area (Å²) in [4.78, 5) is 11.2. The summed E-state index contributed by atoms with van der Waals surface area (Å²) < 4.78 is 29.3. The largest absolute Gasteiger partial charge is 0.465 e. The Balaban J connectivity index is 4.56. The molecule has 0 aromatic heterocycles. The maximum Gasteiger partial charge on any atom is 0.323 e. The van der Waals surface area contributed by atoms with Gasteiger partial charge >= 0.3 is 5.97 Å². The summed E-state index contributed by atoms with van der Waals surface area (Å²) in [5.41, 5.74) is 0. The molecule has 6 heteroatoms. The molecule has 1 N–H and O–H groups in total. The molecule has 0 bridgehead atoms. The maximum absolute atomic E-state index is 11.7. The van der Waals surface area contributed by atoms with Gasteiger partial charge in [-0.15, -0.1) is 0 Å². The molecule has 0 rings (SSSR count). The molecule has 0 aliphatic heterocycles. The fourth-order valence-electron chi connectivity index (χ4n) is 0.725. The molecule has 1 unspecified atom stereocenters. The van der Waals surface area contributed by atoms with E-state index in [1.807, 2.05) is 0 Å². The molecule has 0 saturated heterocycles. The molecule has 0 radical (unpaired) electrons. The lowest BCUT2D eigenvalue weighted by Crippen LogP contribution is -2.47. The highest BCUT2D eigenvalue weighted by atomic mass is 32.2. The fourth-order valence-corrected chi connectivity index (χ4v) is 1.64. The topological polar surface area (TPSA) is 72.5 Å². The molecule has 1 atom stereocenters. The first-order valence-electron chi connectivity index (χ1n) is 4.80. The van der Waals surface area contributed by atoms with Crippen molar-refractivity contribution in [2.24, 2.45) is 0 Å². The van der Waals surface area contributed by atoms with Crippen molar-refractivity contribution in [2.75, 3.05) is 6.61 Å². The molecule has 0 aliphatic rings. The molecule has 0 aromatic rings. The van der Waals surface area contributed by atoms with E-state index in [-0.39, 0.29) is 6.61 Å². The van der Waals surface area contributed by atoms with E-state index in [2.05, 4.69) is 4.72 Å². The smallest absolute Gasteiger partial charge is 0.323 e. The van der Waals surface area contributed by atoms with Crippen LogP contribution in [0.4, 0.5) is 0 Å². The van der Waals surface area contributed by atoms with Gasteiger partial charge in [-0.05, 0) is 34.6 Å². The highest BCUT2D eigenvalue weighted by Crippen LogP contribution is 2.13. The molecule has 0 saturated carbocycles. The summed E-state index contributed by atoms with van der Waals surface area (Å²) in [7, 11) is -3.51. The standard InChI is InChI=1S/C9H19NO4S/c1-6-14-8(11)7(2)10-15(12,13)9(3,4)5/h7,10H,6H2,1-5H3. The van der Waals surface area contributed by atoms with Gasteiger partial charge in [0.1, 0.15) is 6.04 Å². The summed E-state index contributed by atoms with van der Waals surface area (Å²) in [5.74, 6) is -0.565. The Morgan fingerprint density at radius 3 is 2.20 bits per heavy atom. The van der Waals surface area contributed by atoms with Crippen LogP contribution in [0.1, 0.15) is 34.6 Å². The summed E-state index contributed by atoms with van der Waals surface area (Å²) in [6.07, 6.45) is 0. The molecule has 0 fully saturated rings. The molecule has 5 nitrogen and oxygen atoms in total. The Morgan fingerprint density at radius 2 is 1.87 bits per heavy atom. The number of hydrogen-bond acceptors (Lipinski definition) is 4. The SMILES string of the molecule is CCOC(=O)C(C)NS(=O)(=O)C(C)(C)C. The number of rotatable bonds is 4. The monoisotopic (exact) mass is 237 g/mol. The van der Waals surface area contributed by atoms with Crippen molar-refractivity contribution in [1.82, 2.24) is 4.72 Å². The van der Waals surface area contributed by atoms with Gasteiger partial charge in [0.25, 0.3) is 0 Å². The van der Waals surface area contributed by atoms with E-state index in [0.29, 0.717) is 0 Å². The van der Waals surface area contributed by atoms with E-state index in [1.165, 1.54) is 6.92 Å². The second kappa shape index (κ2) is 4.94. The van der Waals surface area contributed by atoms with Gasteiger partial charge in [0.15, 0.2) is 0 Å². The zero-order chi connectivity index (χ0) is 12.3. The van der Waals surface area contributed by atoms with Crippen molar-refractivity contribution in [3.05, 3.63) is 0 Å². The Bertz CT molecular complexity index is 315. The van der Waals surface area contributed by atoms with Crippen LogP contribution in [0.3, 0.4) is 0 Å². The predicted molar refractivity (Wildman–Crippen MR) is 57.9 cm³/mol. The summed E-state index contributed by atoms with van der Waals surface area (Å²) in [6.45, 7) is 8.05. The average Bonchev–Trinajstić information content (AvgIpc) is 2.01. The highest BCUT2D eigenvalue weighted by molar-refractivity contribution is 7.90. The van der Waals surface area contributed by atoms with Crippen molar-refractivity contribution in [3.63, 3.8) is 0 Å². The molecule has 0 spiro atoms. The molecule has 0 aliphatic carbocycles. The van der Waals surface area contributed by atoms with Crippen molar-refractivity contribution in [1.29, 1.82) is 0 Å². The van der Waals surface area contributed by atoms with Gasteiger partial charge in [-0.1, -0.05) is 0 Å². The molecule has 0 heterocycles. The van der Waals surface area contributed by atoms with Crippen molar-refractivity contribution >= 4 is 16.0 Å². The van der Waals surface area contributed by atoms with Crippen molar-refractivity contribution in [2.45, 2.75) is 45.4 Å².